The molecule has 0 unspecified atom stereocenters. The van der Waals surface area contributed by atoms with Crippen molar-refractivity contribution in [3.8, 4) is 0 Å². The molecule has 3 aliphatic rings. The fourth-order valence-corrected chi connectivity index (χ4v) is 10.6. The molecule has 0 aromatic heterocycles. The molecule has 9 rings (SSSR count). The van der Waals surface area contributed by atoms with Gasteiger partial charge in [0, 0.05) is 28.6 Å². The van der Waals surface area contributed by atoms with Crippen molar-refractivity contribution in [2.24, 2.45) is 25.5 Å². The van der Waals surface area contributed by atoms with Crippen LogP contribution in [0.25, 0.3) is 12.2 Å². The summed E-state index contributed by atoms with van der Waals surface area (Å²) in [4.78, 5) is 36.2. The number of rotatable bonds is 16. The van der Waals surface area contributed by atoms with Gasteiger partial charge in [-0.25, -0.2) is 33.7 Å². The number of ketones is 3. The average Bonchev–Trinajstić information content (AvgIpc) is 2.40. The molecule has 9 N–H and O–H groups in total. The summed E-state index contributed by atoms with van der Waals surface area (Å²) in [6, 6.07) is 25.4. The van der Waals surface area contributed by atoms with Crippen molar-refractivity contribution in [1.82, 2.24) is 0 Å². The maximum absolute atomic E-state index is 13.9. The molecule has 0 saturated carbocycles. The van der Waals surface area contributed by atoms with E-state index in [4.69, 9.17) is 11.5 Å². The quantitative estimate of drug-likeness (QED) is 0.0118. The molecule has 35 heteroatoms. The van der Waals surface area contributed by atoms with Crippen molar-refractivity contribution in [3.05, 3.63) is 177 Å². The van der Waals surface area contributed by atoms with Crippen LogP contribution in [-0.4, -0.2) is 86.4 Å². The van der Waals surface area contributed by atoms with Gasteiger partial charge in [-0.15, -0.1) is 5.11 Å². The Labute approximate surface area is 579 Å². The smallest absolute Gasteiger partial charge is 0.744 e. The van der Waals surface area contributed by atoms with Crippen molar-refractivity contribution in [2.75, 3.05) is 38.4 Å². The van der Waals surface area contributed by atoms with Gasteiger partial charge in [0.1, 0.15) is 63.3 Å². The second-order valence-electron chi connectivity index (χ2n) is 17.6. The van der Waals surface area contributed by atoms with E-state index in [9.17, 15) is 66.3 Å². The number of nitrogens with one attached hydrogen (secondary N) is 5. The van der Waals surface area contributed by atoms with Gasteiger partial charge in [0.25, 0.3) is 0 Å². The number of hydrazone groups is 3. The molecule has 0 fully saturated rings. The predicted octanol–water partition coefficient (Wildman–Crippen LogP) is -5.85. The number of anilines is 8. The first-order chi connectivity index (χ1) is 38.6. The Balaban J connectivity index is 0.00000337. The zero-order valence-electron chi connectivity index (χ0n) is 45.5. The van der Waals surface area contributed by atoms with Crippen LogP contribution in [0.15, 0.2) is 184 Å². The first-order valence-electron chi connectivity index (χ1n) is 23.2. The van der Waals surface area contributed by atoms with E-state index in [-0.39, 0.29) is 192 Å². The molecule has 0 atom stereocenters. The molecule has 27 nitrogen and oxygen atoms in total. The summed E-state index contributed by atoms with van der Waals surface area (Å²) in [6.45, 7) is 1.88. The third-order valence-electron chi connectivity index (χ3n) is 12.0. The van der Waals surface area contributed by atoms with Crippen LogP contribution in [0.1, 0.15) is 37.4 Å². The summed E-state index contributed by atoms with van der Waals surface area (Å²) in [6.07, 6.45) is 5.99. The molecule has 0 saturated heterocycles. The Morgan fingerprint density at radius 2 is 0.988 bits per heavy atom. The standard InChI is InChI=1S/C51H40N12O15S4.4Na/c1-26-4-2-3-5-39(26)55-43-23-34(64)15-17-40(43)60-57-31-8-6-27-18-46(81(73,74)75)48(50(65)35(27)20-31)62-56-30-12-10-29(11-13-30)54-41-16-14-33(22-45(41)80(70,71)72)59-63-49-47(82(76,77)78)19-28-7-9-32(21-36(28)51(49)66)58-61-42-25-44(79(67,68)69)38(53)24-37(42)52;;;;/h2-25,54-57,59H,52-53H2,1H3,(H,67,68,69)(H,70,71,72)(H,73,74,75)(H,76,77,78);;;;/q;4*+1/p-4/b60-40-,61-58?,62-48+,63-49+;;;;. The van der Waals surface area contributed by atoms with Gasteiger partial charge < -0.3 is 40.3 Å². The fraction of sp³-hybridized carbons (Fsp3) is 0.0196. The zero-order chi connectivity index (χ0) is 59.1. The van der Waals surface area contributed by atoms with E-state index in [0.29, 0.717) is 11.4 Å². The third-order valence-corrected chi connectivity index (χ3v) is 15.5. The largest absolute Gasteiger partial charge is 1.00 e. The molecular formula is C51H36N12Na4O15S4. The van der Waals surface area contributed by atoms with Crippen LogP contribution in [0.2, 0.25) is 0 Å². The number of carbonyl (C=O) groups is 3. The van der Waals surface area contributed by atoms with Crippen molar-refractivity contribution in [3.63, 3.8) is 0 Å². The summed E-state index contributed by atoms with van der Waals surface area (Å²) in [5.74, 6) is -2.37. The van der Waals surface area contributed by atoms with E-state index in [0.717, 1.165) is 53.7 Å². The third kappa shape index (κ3) is 16.6. The summed E-state index contributed by atoms with van der Waals surface area (Å²) < 4.78 is 147. The summed E-state index contributed by atoms with van der Waals surface area (Å²) >= 11 is 0. The van der Waals surface area contributed by atoms with E-state index in [1.807, 2.05) is 31.2 Å². The Bertz CT molecular complexity index is 4540. The van der Waals surface area contributed by atoms with Crippen LogP contribution in [0.4, 0.5) is 56.9 Å². The number of allylic oxidation sites excluding steroid dienone is 5. The number of carbonyl (C=O) groups excluding carboxylic acids is 3. The van der Waals surface area contributed by atoms with E-state index in [1.165, 1.54) is 78.9 Å². The molecule has 6 aromatic rings. The number of azo groups is 1. The minimum Gasteiger partial charge on any atom is -0.744 e. The van der Waals surface area contributed by atoms with Crippen LogP contribution in [0, 0.1) is 6.92 Å². The predicted molar refractivity (Wildman–Crippen MR) is 299 cm³/mol. The minimum atomic E-state index is -5.42. The van der Waals surface area contributed by atoms with Gasteiger partial charge in [0.15, 0.2) is 5.78 Å². The van der Waals surface area contributed by atoms with Gasteiger partial charge in [-0.1, -0.05) is 30.3 Å². The summed E-state index contributed by atoms with van der Waals surface area (Å²) in [7, 11) is -21.1. The number of nitrogens with two attached hydrogens (primary N) is 2. The van der Waals surface area contributed by atoms with Gasteiger partial charge in [-0.3, -0.25) is 30.7 Å². The first-order valence-corrected chi connectivity index (χ1v) is 28.8. The van der Waals surface area contributed by atoms with E-state index < -0.39 is 88.8 Å². The molecule has 0 aliphatic heterocycles. The number of hydrogen-bond acceptors (Lipinski definition) is 27. The van der Waals surface area contributed by atoms with Gasteiger partial charge in [0.2, 0.25) is 11.6 Å². The van der Waals surface area contributed by atoms with Crippen LogP contribution in [0.3, 0.4) is 0 Å². The first kappa shape index (κ1) is 70.9. The van der Waals surface area contributed by atoms with E-state index in [1.54, 1.807) is 0 Å². The van der Waals surface area contributed by atoms with Crippen molar-refractivity contribution >= 4 is 144 Å². The van der Waals surface area contributed by atoms with Crippen molar-refractivity contribution < 1.29 is 184 Å². The van der Waals surface area contributed by atoms with Crippen LogP contribution in [0.5, 0.6) is 0 Å². The van der Waals surface area contributed by atoms with E-state index >= 15 is 0 Å². The Kier molecular flexibility index (Phi) is 23.5. The van der Waals surface area contributed by atoms with Crippen LogP contribution in [-0.2, 0) is 45.3 Å². The zero-order valence-corrected chi connectivity index (χ0v) is 56.8. The number of nitrogens with zero attached hydrogens (tertiary/aromatic N) is 5. The number of nitrogen functional groups attached to an aromatic ring is 2. The monoisotopic (exact) mass is 1280 g/mol. The molecule has 0 heterocycles. The van der Waals surface area contributed by atoms with Gasteiger partial charge >= 0.3 is 118 Å². The number of fused-ring (bicyclic) bond motifs is 2. The Morgan fingerprint density at radius 1 is 0.465 bits per heavy atom. The maximum Gasteiger partial charge on any atom is 1.00 e. The summed E-state index contributed by atoms with van der Waals surface area (Å²) in [5.41, 5.74) is 18.4. The van der Waals surface area contributed by atoms with Crippen LogP contribution < -0.4 is 157 Å². The summed E-state index contributed by atoms with van der Waals surface area (Å²) in [5, 5.41) is 25.9. The van der Waals surface area contributed by atoms with E-state index in [2.05, 4.69) is 52.4 Å². The van der Waals surface area contributed by atoms with Crippen molar-refractivity contribution in [2.45, 2.75) is 16.7 Å². The minimum absolute atomic E-state index is 0. The maximum atomic E-state index is 13.9. The topological polar surface area (TPSA) is 454 Å². The molecule has 6 aromatic carbocycles. The fourth-order valence-electron chi connectivity index (χ4n) is 8.01. The Hall–Kier alpha value is -5.86. The molecular weight excluding hydrogens is 1240 g/mol. The molecule has 418 valence electrons. The van der Waals surface area contributed by atoms with Gasteiger partial charge in [-0.05, 0) is 133 Å². The average molecular weight is 1280 g/mol. The number of hydrogen-bond donors (Lipinski definition) is 7. The Morgan fingerprint density at radius 3 is 1.58 bits per heavy atom. The SMILES string of the molecule is Cc1ccccc1NC1=CC(=O)C=C/C1=N/Nc1ccc2c(c1)C(=O)/C(=N/Nc1ccc(Nc3ccc(N/N=C4/C(=O)c5cc(N=Nc6cc(S(=O)(=O)[O-])c(N)cc6N)ccc5C=C4S(=O)(=O)[O-])cc3S(=O)(=O)[O-])cc1)C(S(=O)(=O)[O-])=C2.[Na+].[Na+].[Na+].[Na+]. The number of para-hydroxylation sites is 1. The second kappa shape index (κ2) is 28.5. The number of aryl methyl sites for hydroxylation is 1. The normalized spacial score (nSPS) is 15.4. The number of Topliss-reactive ketones (excluding diaryl/α,β-unsaturated/α-hetero) is 2. The van der Waals surface area contributed by atoms with Crippen LogP contribution >= 0.6 is 0 Å². The molecule has 0 radical (unpaired) electrons. The molecule has 0 bridgehead atoms. The van der Waals surface area contributed by atoms with Gasteiger partial charge in [-0.2, -0.15) is 20.4 Å². The molecule has 0 spiro atoms. The molecule has 0 amide bonds. The van der Waals surface area contributed by atoms with Crippen molar-refractivity contribution in [1.29, 1.82) is 0 Å². The number of benzene rings is 6. The molecule has 3 aliphatic carbocycles. The van der Waals surface area contributed by atoms with Gasteiger partial charge in [0.05, 0.1) is 65.1 Å². The molecule has 86 heavy (non-hydrogen) atoms. The second-order valence-corrected chi connectivity index (χ2v) is 23.0.